The summed E-state index contributed by atoms with van der Waals surface area (Å²) in [5.41, 5.74) is -1.86. The molecule has 0 aromatic rings. The summed E-state index contributed by atoms with van der Waals surface area (Å²) >= 11 is 0. The van der Waals surface area contributed by atoms with Crippen LogP contribution >= 0.6 is 0 Å². The first-order valence-corrected chi connectivity index (χ1v) is 5.13. The van der Waals surface area contributed by atoms with Crippen molar-refractivity contribution in [1.29, 1.82) is 0 Å². The van der Waals surface area contributed by atoms with E-state index in [2.05, 4.69) is 0 Å². The summed E-state index contributed by atoms with van der Waals surface area (Å²) in [5, 5.41) is 0. The lowest BCUT2D eigenvalue weighted by Crippen LogP contribution is -2.45. The summed E-state index contributed by atoms with van der Waals surface area (Å²) < 4.78 is 9.67. The van der Waals surface area contributed by atoms with Crippen LogP contribution in [0.4, 0.5) is 0 Å². The second-order valence-electron chi connectivity index (χ2n) is 4.25. The molecule has 5 heteroatoms. The van der Waals surface area contributed by atoms with Gasteiger partial charge in [-0.2, -0.15) is 0 Å². The van der Waals surface area contributed by atoms with Crippen LogP contribution in [0.2, 0.25) is 0 Å². The number of rotatable bonds is 5. The first-order chi connectivity index (χ1) is 7.23. The highest BCUT2D eigenvalue weighted by Crippen LogP contribution is 2.14. The SMILES string of the molecule is CC(C)OC(=O)C(C)(C=O)OC(=O)C(C)C. The second-order valence-corrected chi connectivity index (χ2v) is 4.25. The van der Waals surface area contributed by atoms with Crippen molar-refractivity contribution in [3.63, 3.8) is 0 Å². The molecule has 0 aliphatic heterocycles. The maximum absolute atomic E-state index is 11.5. The molecule has 92 valence electrons. The molecule has 0 saturated heterocycles. The van der Waals surface area contributed by atoms with E-state index in [0.29, 0.717) is 0 Å². The summed E-state index contributed by atoms with van der Waals surface area (Å²) in [6.07, 6.45) is -0.0950. The van der Waals surface area contributed by atoms with E-state index in [1.165, 1.54) is 6.92 Å². The summed E-state index contributed by atoms with van der Waals surface area (Å²) in [6.45, 7) is 7.73. The normalized spacial score (nSPS) is 14.4. The molecule has 0 aliphatic rings. The molecule has 0 heterocycles. The van der Waals surface area contributed by atoms with Gasteiger partial charge in [-0.25, -0.2) is 4.79 Å². The minimum absolute atomic E-state index is 0.276. The van der Waals surface area contributed by atoms with Crippen LogP contribution in [0.15, 0.2) is 0 Å². The molecule has 0 rings (SSSR count). The molecule has 0 bridgehead atoms. The Morgan fingerprint density at radius 1 is 1.19 bits per heavy atom. The standard InChI is InChI=1S/C11H18O5/c1-7(2)9(13)16-11(5,6-12)10(14)15-8(3)4/h6-8H,1-5H3. The molecule has 0 aromatic heterocycles. The molecule has 0 saturated carbocycles. The van der Waals surface area contributed by atoms with Gasteiger partial charge in [-0.15, -0.1) is 0 Å². The Kier molecular flexibility index (Phi) is 5.14. The lowest BCUT2D eigenvalue weighted by Gasteiger charge is -2.23. The van der Waals surface area contributed by atoms with Gasteiger partial charge in [-0.1, -0.05) is 13.8 Å². The van der Waals surface area contributed by atoms with E-state index in [1.54, 1.807) is 27.7 Å². The number of ether oxygens (including phenoxy) is 2. The van der Waals surface area contributed by atoms with Gasteiger partial charge < -0.3 is 9.47 Å². The first-order valence-electron chi connectivity index (χ1n) is 5.13. The van der Waals surface area contributed by atoms with Gasteiger partial charge in [0, 0.05) is 0 Å². The quantitative estimate of drug-likeness (QED) is 0.402. The first kappa shape index (κ1) is 14.6. The third-order valence-electron chi connectivity index (χ3n) is 1.76. The third kappa shape index (κ3) is 4.00. The molecule has 1 unspecified atom stereocenters. The Balaban J connectivity index is 4.71. The van der Waals surface area contributed by atoms with Gasteiger partial charge >= 0.3 is 11.9 Å². The summed E-state index contributed by atoms with van der Waals surface area (Å²) in [4.78, 5) is 33.7. The number of hydrogen-bond acceptors (Lipinski definition) is 5. The van der Waals surface area contributed by atoms with Crippen LogP contribution in [0.3, 0.4) is 0 Å². The van der Waals surface area contributed by atoms with Gasteiger partial charge in [0.05, 0.1) is 12.0 Å². The zero-order valence-electron chi connectivity index (χ0n) is 10.3. The Bertz CT molecular complexity index is 282. The minimum atomic E-state index is -1.86. The number of aldehydes is 1. The number of carbonyl (C=O) groups excluding carboxylic acids is 3. The average molecular weight is 230 g/mol. The van der Waals surface area contributed by atoms with Crippen molar-refractivity contribution in [3.05, 3.63) is 0 Å². The summed E-state index contributed by atoms with van der Waals surface area (Å²) in [6, 6.07) is 0. The van der Waals surface area contributed by atoms with Gasteiger partial charge in [0.15, 0.2) is 6.29 Å². The predicted octanol–water partition coefficient (Wildman–Crippen LogP) is 1.09. The Morgan fingerprint density at radius 3 is 2.00 bits per heavy atom. The maximum atomic E-state index is 11.5. The second kappa shape index (κ2) is 5.63. The molecular weight excluding hydrogens is 212 g/mol. The maximum Gasteiger partial charge on any atom is 0.358 e. The van der Waals surface area contributed by atoms with Crippen molar-refractivity contribution in [2.24, 2.45) is 5.92 Å². The van der Waals surface area contributed by atoms with Crippen molar-refractivity contribution in [3.8, 4) is 0 Å². The van der Waals surface area contributed by atoms with Gasteiger partial charge in [-0.3, -0.25) is 9.59 Å². The molecule has 0 aliphatic carbocycles. The van der Waals surface area contributed by atoms with E-state index in [9.17, 15) is 14.4 Å². The van der Waals surface area contributed by atoms with E-state index in [1.807, 2.05) is 0 Å². The monoisotopic (exact) mass is 230 g/mol. The summed E-state index contributed by atoms with van der Waals surface area (Å²) in [5.74, 6) is -1.88. The number of hydrogen-bond donors (Lipinski definition) is 0. The lowest BCUT2D eigenvalue weighted by molar-refractivity contribution is -0.184. The van der Waals surface area contributed by atoms with Gasteiger partial charge in [0.1, 0.15) is 0 Å². The summed E-state index contributed by atoms with van der Waals surface area (Å²) in [7, 11) is 0. The van der Waals surface area contributed by atoms with Crippen LogP contribution in [0, 0.1) is 5.92 Å². The van der Waals surface area contributed by atoms with E-state index in [-0.39, 0.29) is 12.4 Å². The van der Waals surface area contributed by atoms with Crippen LogP contribution in [-0.4, -0.2) is 29.9 Å². The number of esters is 2. The van der Waals surface area contributed by atoms with Gasteiger partial charge in [-0.05, 0) is 20.8 Å². The van der Waals surface area contributed by atoms with E-state index >= 15 is 0 Å². The Labute approximate surface area is 95.1 Å². The van der Waals surface area contributed by atoms with Crippen molar-refractivity contribution >= 4 is 18.2 Å². The fraction of sp³-hybridized carbons (Fsp3) is 0.727. The molecular formula is C11H18O5. The van der Waals surface area contributed by atoms with Crippen molar-refractivity contribution < 1.29 is 23.9 Å². The third-order valence-corrected chi connectivity index (χ3v) is 1.76. The Morgan fingerprint density at radius 2 is 1.69 bits per heavy atom. The van der Waals surface area contributed by atoms with Crippen LogP contribution in [-0.2, 0) is 23.9 Å². The highest BCUT2D eigenvalue weighted by Gasteiger charge is 2.40. The predicted molar refractivity (Wildman–Crippen MR) is 56.6 cm³/mol. The minimum Gasteiger partial charge on any atom is -0.460 e. The molecule has 0 aromatic carbocycles. The van der Waals surface area contributed by atoms with Crippen LogP contribution in [0.1, 0.15) is 34.6 Å². The molecule has 5 nitrogen and oxygen atoms in total. The van der Waals surface area contributed by atoms with Crippen LogP contribution < -0.4 is 0 Å². The van der Waals surface area contributed by atoms with Gasteiger partial charge in [0.25, 0.3) is 5.60 Å². The largest absolute Gasteiger partial charge is 0.460 e. The highest BCUT2D eigenvalue weighted by molar-refractivity contribution is 5.98. The van der Waals surface area contributed by atoms with E-state index in [4.69, 9.17) is 9.47 Å². The van der Waals surface area contributed by atoms with Crippen molar-refractivity contribution in [1.82, 2.24) is 0 Å². The van der Waals surface area contributed by atoms with Crippen LogP contribution in [0.5, 0.6) is 0 Å². The lowest BCUT2D eigenvalue weighted by atomic mass is 10.1. The smallest absolute Gasteiger partial charge is 0.358 e. The topological polar surface area (TPSA) is 69.7 Å². The van der Waals surface area contributed by atoms with E-state index < -0.39 is 23.5 Å². The van der Waals surface area contributed by atoms with E-state index in [0.717, 1.165) is 0 Å². The molecule has 0 N–H and O–H groups in total. The molecule has 0 amide bonds. The van der Waals surface area contributed by atoms with Crippen molar-refractivity contribution in [2.45, 2.75) is 46.3 Å². The molecule has 0 radical (unpaired) electrons. The van der Waals surface area contributed by atoms with Crippen LogP contribution in [0.25, 0.3) is 0 Å². The fourth-order valence-corrected chi connectivity index (χ4v) is 0.772. The highest BCUT2D eigenvalue weighted by atomic mass is 16.6. The molecule has 1 atom stereocenters. The van der Waals surface area contributed by atoms with Crippen molar-refractivity contribution in [2.75, 3.05) is 0 Å². The fourth-order valence-electron chi connectivity index (χ4n) is 0.772. The zero-order chi connectivity index (χ0) is 12.9. The molecule has 0 fully saturated rings. The van der Waals surface area contributed by atoms with Gasteiger partial charge in [0.2, 0.25) is 0 Å². The number of carbonyl (C=O) groups is 3. The Hall–Kier alpha value is -1.39. The molecule has 0 spiro atoms. The average Bonchev–Trinajstić information content (AvgIpc) is 2.16. The zero-order valence-corrected chi connectivity index (χ0v) is 10.3. The molecule has 16 heavy (non-hydrogen) atoms.